The normalized spacial score (nSPS) is 10.2. The Hall–Kier alpha value is -1.14. The largest absolute Gasteiger partial charge is 0.322 e. The highest BCUT2D eigenvalue weighted by Gasteiger charge is 2.07. The maximum Gasteiger partial charge on any atom is 0.255 e. The Kier molecular flexibility index (Phi) is 4.19. The Morgan fingerprint density at radius 2 is 2.00 bits per heavy atom. The zero-order valence-corrected chi connectivity index (χ0v) is 12.0. The van der Waals surface area contributed by atoms with Crippen molar-refractivity contribution in [3.8, 4) is 0 Å². The van der Waals surface area contributed by atoms with Crippen LogP contribution < -0.4 is 5.32 Å². The van der Waals surface area contributed by atoms with E-state index in [9.17, 15) is 9.18 Å². The molecule has 0 fully saturated rings. The van der Waals surface area contributed by atoms with Gasteiger partial charge < -0.3 is 5.32 Å². The highest BCUT2D eigenvalue weighted by Crippen LogP contribution is 2.19. The molecule has 0 aliphatic carbocycles. The molecule has 0 saturated heterocycles. The highest BCUT2D eigenvalue weighted by molar-refractivity contribution is 14.1. The zero-order chi connectivity index (χ0) is 13.1. The standard InChI is InChI=1S/C13H8ClFINO/c14-11-5-4-10(7-12(11)15)17-13(18)8-2-1-3-9(16)6-8/h1-7H,(H,17,18). The molecule has 1 amide bonds. The van der Waals surface area contributed by atoms with Gasteiger partial charge in [0.1, 0.15) is 5.82 Å². The minimum atomic E-state index is -0.558. The van der Waals surface area contributed by atoms with Crippen LogP contribution in [0.2, 0.25) is 5.02 Å². The van der Waals surface area contributed by atoms with Crippen LogP contribution in [-0.4, -0.2) is 5.91 Å². The lowest BCUT2D eigenvalue weighted by molar-refractivity contribution is 0.102. The van der Waals surface area contributed by atoms with E-state index in [4.69, 9.17) is 11.6 Å². The van der Waals surface area contributed by atoms with Crippen molar-refractivity contribution in [1.29, 1.82) is 0 Å². The quantitative estimate of drug-likeness (QED) is 0.778. The Bertz CT molecular complexity index is 603. The summed E-state index contributed by atoms with van der Waals surface area (Å²) < 4.78 is 14.2. The lowest BCUT2D eigenvalue weighted by atomic mass is 10.2. The molecule has 0 aliphatic rings. The molecule has 0 aromatic heterocycles. The molecule has 0 atom stereocenters. The first-order valence-electron chi connectivity index (χ1n) is 5.08. The second kappa shape index (κ2) is 5.67. The number of nitrogens with one attached hydrogen (secondary N) is 1. The number of rotatable bonds is 2. The first-order valence-corrected chi connectivity index (χ1v) is 6.54. The molecular weight excluding hydrogens is 368 g/mol. The van der Waals surface area contributed by atoms with Gasteiger partial charge in [0.05, 0.1) is 5.02 Å². The van der Waals surface area contributed by atoms with E-state index in [1.807, 2.05) is 6.07 Å². The Morgan fingerprint density at radius 3 is 2.67 bits per heavy atom. The second-order valence-corrected chi connectivity index (χ2v) is 5.25. The van der Waals surface area contributed by atoms with E-state index in [1.54, 1.807) is 24.3 Å². The monoisotopic (exact) mass is 375 g/mol. The van der Waals surface area contributed by atoms with E-state index in [0.717, 1.165) is 3.57 Å². The lowest BCUT2D eigenvalue weighted by Crippen LogP contribution is -2.12. The first kappa shape index (κ1) is 13.3. The number of hydrogen-bond acceptors (Lipinski definition) is 1. The highest BCUT2D eigenvalue weighted by atomic mass is 127. The molecule has 0 saturated carbocycles. The minimum absolute atomic E-state index is 0.0299. The van der Waals surface area contributed by atoms with Crippen LogP contribution in [0.15, 0.2) is 42.5 Å². The van der Waals surface area contributed by atoms with Gasteiger partial charge in [-0.15, -0.1) is 0 Å². The van der Waals surface area contributed by atoms with Crippen LogP contribution in [0.4, 0.5) is 10.1 Å². The third-order valence-electron chi connectivity index (χ3n) is 2.26. The summed E-state index contributed by atoms with van der Waals surface area (Å²) in [6, 6.07) is 11.3. The summed E-state index contributed by atoms with van der Waals surface area (Å²) in [6.45, 7) is 0. The third kappa shape index (κ3) is 3.20. The van der Waals surface area contributed by atoms with Gasteiger partial charge in [0.15, 0.2) is 0 Å². The fourth-order valence-electron chi connectivity index (χ4n) is 1.41. The van der Waals surface area contributed by atoms with Crippen molar-refractivity contribution in [2.45, 2.75) is 0 Å². The van der Waals surface area contributed by atoms with Gasteiger partial charge in [-0.1, -0.05) is 17.7 Å². The van der Waals surface area contributed by atoms with Gasteiger partial charge in [0.25, 0.3) is 5.91 Å². The molecule has 0 radical (unpaired) electrons. The molecule has 2 nitrogen and oxygen atoms in total. The molecule has 5 heteroatoms. The van der Waals surface area contributed by atoms with E-state index >= 15 is 0 Å². The maximum atomic E-state index is 13.2. The Balaban J connectivity index is 2.18. The van der Waals surface area contributed by atoms with Crippen molar-refractivity contribution in [3.63, 3.8) is 0 Å². The number of carbonyl (C=O) groups is 1. The van der Waals surface area contributed by atoms with Crippen LogP contribution >= 0.6 is 34.2 Å². The van der Waals surface area contributed by atoms with Gasteiger partial charge in [0.2, 0.25) is 0 Å². The van der Waals surface area contributed by atoms with Crippen LogP contribution in [0.25, 0.3) is 0 Å². The molecule has 92 valence electrons. The van der Waals surface area contributed by atoms with E-state index < -0.39 is 5.82 Å². The fraction of sp³-hybridized carbons (Fsp3) is 0. The second-order valence-electron chi connectivity index (χ2n) is 3.59. The third-order valence-corrected chi connectivity index (χ3v) is 3.24. The van der Waals surface area contributed by atoms with Crippen molar-refractivity contribution in [3.05, 3.63) is 62.4 Å². The first-order chi connectivity index (χ1) is 8.56. The maximum absolute atomic E-state index is 13.2. The molecular formula is C13H8ClFINO. The van der Waals surface area contributed by atoms with E-state index in [-0.39, 0.29) is 10.9 Å². The van der Waals surface area contributed by atoms with Crippen molar-refractivity contribution < 1.29 is 9.18 Å². The van der Waals surface area contributed by atoms with Gasteiger partial charge in [0, 0.05) is 14.8 Å². The van der Waals surface area contributed by atoms with Crippen molar-refractivity contribution in [1.82, 2.24) is 0 Å². The molecule has 0 heterocycles. The molecule has 0 spiro atoms. The van der Waals surface area contributed by atoms with Crippen molar-refractivity contribution in [2.75, 3.05) is 5.32 Å². The fourth-order valence-corrected chi connectivity index (χ4v) is 2.07. The molecule has 2 aromatic carbocycles. The van der Waals surface area contributed by atoms with Crippen LogP contribution in [0.1, 0.15) is 10.4 Å². The minimum Gasteiger partial charge on any atom is -0.322 e. The molecule has 2 rings (SSSR count). The van der Waals surface area contributed by atoms with E-state index in [2.05, 4.69) is 27.9 Å². The van der Waals surface area contributed by atoms with E-state index in [0.29, 0.717) is 11.3 Å². The van der Waals surface area contributed by atoms with E-state index in [1.165, 1.54) is 12.1 Å². The van der Waals surface area contributed by atoms with Crippen LogP contribution in [0, 0.1) is 9.39 Å². The number of hydrogen-bond donors (Lipinski definition) is 1. The molecule has 18 heavy (non-hydrogen) atoms. The summed E-state index contributed by atoms with van der Waals surface area (Å²) in [5, 5.41) is 2.64. The number of amides is 1. The summed E-state index contributed by atoms with van der Waals surface area (Å²) in [5.74, 6) is -0.840. The SMILES string of the molecule is O=C(Nc1ccc(Cl)c(F)c1)c1cccc(I)c1. The summed E-state index contributed by atoms with van der Waals surface area (Å²) >= 11 is 7.69. The average molecular weight is 376 g/mol. The summed E-state index contributed by atoms with van der Waals surface area (Å²) in [6.07, 6.45) is 0. The Morgan fingerprint density at radius 1 is 1.22 bits per heavy atom. The average Bonchev–Trinajstić information content (AvgIpc) is 2.34. The summed E-state index contributed by atoms with van der Waals surface area (Å²) in [5.41, 5.74) is 0.901. The summed E-state index contributed by atoms with van der Waals surface area (Å²) in [4.78, 5) is 11.9. The molecule has 2 aromatic rings. The van der Waals surface area contributed by atoms with Gasteiger partial charge in [-0.3, -0.25) is 4.79 Å². The van der Waals surface area contributed by atoms with Crippen LogP contribution in [0.5, 0.6) is 0 Å². The number of benzene rings is 2. The van der Waals surface area contributed by atoms with Crippen LogP contribution in [-0.2, 0) is 0 Å². The number of anilines is 1. The zero-order valence-electron chi connectivity index (χ0n) is 9.08. The molecule has 1 N–H and O–H groups in total. The predicted molar refractivity (Wildman–Crippen MR) is 78.5 cm³/mol. The predicted octanol–water partition coefficient (Wildman–Crippen LogP) is 4.34. The van der Waals surface area contributed by atoms with Gasteiger partial charge in [-0.2, -0.15) is 0 Å². The smallest absolute Gasteiger partial charge is 0.255 e. The molecule has 0 unspecified atom stereocenters. The number of halogens is 3. The number of carbonyl (C=O) groups excluding carboxylic acids is 1. The summed E-state index contributed by atoms with van der Waals surface area (Å²) in [7, 11) is 0. The van der Waals surface area contributed by atoms with Crippen molar-refractivity contribution in [2.24, 2.45) is 0 Å². The molecule has 0 bridgehead atoms. The van der Waals surface area contributed by atoms with Gasteiger partial charge >= 0.3 is 0 Å². The van der Waals surface area contributed by atoms with Gasteiger partial charge in [-0.25, -0.2) is 4.39 Å². The Labute approximate surface area is 122 Å². The lowest BCUT2D eigenvalue weighted by Gasteiger charge is -2.06. The van der Waals surface area contributed by atoms with Gasteiger partial charge in [-0.05, 0) is 59.0 Å². The topological polar surface area (TPSA) is 29.1 Å². The van der Waals surface area contributed by atoms with Crippen molar-refractivity contribution >= 4 is 45.8 Å². The van der Waals surface area contributed by atoms with Crippen LogP contribution in [0.3, 0.4) is 0 Å². The molecule has 0 aliphatic heterocycles.